The number of hydrogen-bond acceptors (Lipinski definition) is 2. The molecule has 1 heterocycles. The molecule has 3 rings (SSSR count). The van der Waals surface area contributed by atoms with E-state index >= 15 is 0 Å². The summed E-state index contributed by atoms with van der Waals surface area (Å²) in [6.07, 6.45) is 3.69. The van der Waals surface area contributed by atoms with Crippen molar-refractivity contribution in [2.75, 3.05) is 13.1 Å². The van der Waals surface area contributed by atoms with Crippen LogP contribution >= 0.6 is 0 Å². The second kappa shape index (κ2) is 7.18. The fraction of sp³-hybridized carbons (Fsp3) is 0.316. The molecule has 126 valence electrons. The molecular formula is C19H18F3NO. The zero-order valence-electron chi connectivity index (χ0n) is 13.2. The maximum Gasteiger partial charge on any atom is 0.194 e. The van der Waals surface area contributed by atoms with E-state index < -0.39 is 23.2 Å². The van der Waals surface area contributed by atoms with Gasteiger partial charge in [0, 0.05) is 17.7 Å². The van der Waals surface area contributed by atoms with Gasteiger partial charge in [-0.25, -0.2) is 13.2 Å². The SMILES string of the molecule is O=C(c1ccc(CN2CCCCC2)cc1)c1cc(F)c(F)c(F)c1. The molecule has 1 fully saturated rings. The molecule has 0 N–H and O–H groups in total. The van der Waals surface area contributed by atoms with Crippen molar-refractivity contribution in [2.45, 2.75) is 25.8 Å². The fourth-order valence-corrected chi connectivity index (χ4v) is 2.99. The average Bonchev–Trinajstić information content (AvgIpc) is 2.60. The number of benzene rings is 2. The molecule has 1 aliphatic rings. The number of likely N-dealkylation sites (tertiary alicyclic amines) is 1. The lowest BCUT2D eigenvalue weighted by Crippen LogP contribution is -2.29. The van der Waals surface area contributed by atoms with E-state index in [9.17, 15) is 18.0 Å². The number of ketones is 1. The van der Waals surface area contributed by atoms with Gasteiger partial charge in [0.15, 0.2) is 23.2 Å². The number of carbonyl (C=O) groups excluding carboxylic acids is 1. The van der Waals surface area contributed by atoms with Crippen molar-refractivity contribution in [3.05, 3.63) is 70.5 Å². The van der Waals surface area contributed by atoms with Crippen molar-refractivity contribution in [2.24, 2.45) is 0 Å². The van der Waals surface area contributed by atoms with Gasteiger partial charge in [0.1, 0.15) is 0 Å². The minimum absolute atomic E-state index is 0.199. The smallest absolute Gasteiger partial charge is 0.194 e. The summed E-state index contributed by atoms with van der Waals surface area (Å²) < 4.78 is 39.5. The predicted molar refractivity (Wildman–Crippen MR) is 85.3 cm³/mol. The largest absolute Gasteiger partial charge is 0.299 e. The van der Waals surface area contributed by atoms with E-state index in [4.69, 9.17) is 0 Å². The predicted octanol–water partition coefficient (Wildman–Crippen LogP) is 4.32. The Morgan fingerprint density at radius 3 is 2.04 bits per heavy atom. The average molecular weight is 333 g/mol. The Morgan fingerprint density at radius 1 is 0.875 bits per heavy atom. The van der Waals surface area contributed by atoms with Gasteiger partial charge in [0.25, 0.3) is 0 Å². The Hall–Kier alpha value is -2.14. The van der Waals surface area contributed by atoms with Crippen LogP contribution in [-0.2, 0) is 6.54 Å². The molecule has 0 spiro atoms. The molecule has 0 atom stereocenters. The monoisotopic (exact) mass is 333 g/mol. The maximum absolute atomic E-state index is 13.3. The molecule has 0 aromatic heterocycles. The molecule has 0 radical (unpaired) electrons. The van der Waals surface area contributed by atoms with Gasteiger partial charge in [-0.3, -0.25) is 9.69 Å². The minimum Gasteiger partial charge on any atom is -0.299 e. The van der Waals surface area contributed by atoms with Crippen LogP contribution in [0.5, 0.6) is 0 Å². The minimum atomic E-state index is -1.57. The van der Waals surface area contributed by atoms with E-state index in [-0.39, 0.29) is 5.56 Å². The van der Waals surface area contributed by atoms with E-state index in [1.165, 1.54) is 19.3 Å². The summed E-state index contributed by atoms with van der Waals surface area (Å²) in [6, 6.07) is 8.42. The molecule has 2 aromatic rings. The zero-order valence-corrected chi connectivity index (χ0v) is 13.2. The Kier molecular flexibility index (Phi) is 5.00. The van der Waals surface area contributed by atoms with Crippen molar-refractivity contribution in [3.63, 3.8) is 0 Å². The number of rotatable bonds is 4. The van der Waals surface area contributed by atoms with Crippen LogP contribution in [-0.4, -0.2) is 23.8 Å². The first-order valence-electron chi connectivity index (χ1n) is 8.05. The maximum atomic E-state index is 13.3. The standard InChI is InChI=1S/C19H18F3NO/c20-16-10-15(11-17(21)18(16)22)19(24)14-6-4-13(5-7-14)12-23-8-2-1-3-9-23/h4-7,10-11H,1-3,8-9,12H2. The van der Waals surface area contributed by atoms with Gasteiger partial charge in [0.2, 0.25) is 0 Å². The van der Waals surface area contributed by atoms with Crippen molar-refractivity contribution in [3.8, 4) is 0 Å². The second-order valence-electron chi connectivity index (χ2n) is 6.12. The van der Waals surface area contributed by atoms with Crippen LogP contribution in [0.4, 0.5) is 13.2 Å². The Labute approximate surface area is 138 Å². The Morgan fingerprint density at radius 2 is 1.46 bits per heavy atom. The van der Waals surface area contributed by atoms with Crippen molar-refractivity contribution >= 4 is 5.78 Å². The van der Waals surface area contributed by atoms with Gasteiger partial charge in [-0.2, -0.15) is 0 Å². The van der Waals surface area contributed by atoms with Gasteiger partial charge >= 0.3 is 0 Å². The third kappa shape index (κ3) is 3.67. The highest BCUT2D eigenvalue weighted by molar-refractivity contribution is 6.09. The molecule has 0 unspecified atom stereocenters. The number of halogens is 3. The third-order valence-corrected chi connectivity index (χ3v) is 4.32. The molecule has 0 aliphatic carbocycles. The van der Waals surface area contributed by atoms with E-state index in [0.29, 0.717) is 5.56 Å². The summed E-state index contributed by atoms with van der Waals surface area (Å²) in [5.41, 5.74) is 1.21. The fourth-order valence-electron chi connectivity index (χ4n) is 2.99. The summed E-state index contributed by atoms with van der Waals surface area (Å²) in [6.45, 7) is 2.98. The quantitative estimate of drug-likeness (QED) is 0.613. The molecule has 0 bridgehead atoms. The summed E-state index contributed by atoms with van der Waals surface area (Å²) in [5, 5.41) is 0. The molecule has 0 amide bonds. The highest BCUT2D eigenvalue weighted by Crippen LogP contribution is 2.18. The molecule has 0 saturated carbocycles. The van der Waals surface area contributed by atoms with Gasteiger partial charge in [-0.1, -0.05) is 30.7 Å². The van der Waals surface area contributed by atoms with Crippen LogP contribution in [0.15, 0.2) is 36.4 Å². The summed E-state index contributed by atoms with van der Waals surface area (Å²) in [4.78, 5) is 14.7. The van der Waals surface area contributed by atoms with Gasteiger partial charge in [-0.05, 0) is 43.6 Å². The van der Waals surface area contributed by atoms with E-state index in [1.807, 2.05) is 12.1 Å². The lowest BCUT2D eigenvalue weighted by atomic mass is 10.0. The van der Waals surface area contributed by atoms with E-state index in [2.05, 4.69) is 4.90 Å². The molecule has 2 nitrogen and oxygen atoms in total. The first kappa shape index (κ1) is 16.7. The number of carbonyl (C=O) groups is 1. The second-order valence-corrected chi connectivity index (χ2v) is 6.12. The lowest BCUT2D eigenvalue weighted by molar-refractivity contribution is 0.103. The highest BCUT2D eigenvalue weighted by Gasteiger charge is 2.17. The van der Waals surface area contributed by atoms with Crippen LogP contribution in [0, 0.1) is 17.5 Å². The Balaban J connectivity index is 1.74. The van der Waals surface area contributed by atoms with Gasteiger partial charge in [0.05, 0.1) is 0 Å². The molecule has 1 saturated heterocycles. The van der Waals surface area contributed by atoms with E-state index in [1.54, 1.807) is 12.1 Å². The molecule has 2 aromatic carbocycles. The first-order chi connectivity index (χ1) is 11.5. The van der Waals surface area contributed by atoms with Crippen molar-refractivity contribution in [1.29, 1.82) is 0 Å². The van der Waals surface area contributed by atoms with Crippen LogP contribution < -0.4 is 0 Å². The van der Waals surface area contributed by atoms with Crippen LogP contribution in [0.25, 0.3) is 0 Å². The van der Waals surface area contributed by atoms with Crippen LogP contribution in [0.1, 0.15) is 40.7 Å². The Bertz CT molecular complexity index is 714. The summed E-state index contributed by atoms with van der Waals surface area (Å²) in [7, 11) is 0. The molecule has 5 heteroatoms. The number of nitrogens with zero attached hydrogens (tertiary/aromatic N) is 1. The molecule has 1 aliphatic heterocycles. The van der Waals surface area contributed by atoms with Crippen molar-refractivity contribution in [1.82, 2.24) is 4.90 Å². The van der Waals surface area contributed by atoms with Crippen LogP contribution in [0.3, 0.4) is 0 Å². The zero-order chi connectivity index (χ0) is 17.1. The van der Waals surface area contributed by atoms with Crippen LogP contribution in [0.2, 0.25) is 0 Å². The van der Waals surface area contributed by atoms with Gasteiger partial charge in [-0.15, -0.1) is 0 Å². The summed E-state index contributed by atoms with van der Waals surface area (Å²) >= 11 is 0. The van der Waals surface area contributed by atoms with Gasteiger partial charge < -0.3 is 0 Å². The molecular weight excluding hydrogens is 315 g/mol. The molecule has 24 heavy (non-hydrogen) atoms. The van der Waals surface area contributed by atoms with E-state index in [0.717, 1.165) is 37.3 Å². The number of hydrogen-bond donors (Lipinski definition) is 0. The first-order valence-corrected chi connectivity index (χ1v) is 8.05. The summed E-state index contributed by atoms with van der Waals surface area (Å²) in [5.74, 6) is -4.82. The highest BCUT2D eigenvalue weighted by atomic mass is 19.2. The normalized spacial score (nSPS) is 15.5. The topological polar surface area (TPSA) is 20.3 Å². The van der Waals surface area contributed by atoms with Crippen molar-refractivity contribution < 1.29 is 18.0 Å². The third-order valence-electron chi connectivity index (χ3n) is 4.32. The lowest BCUT2D eigenvalue weighted by Gasteiger charge is -2.26. The number of piperidine rings is 1.